The van der Waals surface area contributed by atoms with Crippen LogP contribution >= 0.6 is 0 Å². The van der Waals surface area contributed by atoms with Gasteiger partial charge in [-0.05, 0) is 19.0 Å². The average molecular weight is 185 g/mol. The lowest BCUT2D eigenvalue weighted by molar-refractivity contribution is -0.134. The van der Waals surface area contributed by atoms with Crippen LogP contribution in [0.5, 0.6) is 0 Å². The van der Waals surface area contributed by atoms with Crippen LogP contribution in [0.4, 0.5) is 0 Å². The minimum Gasteiger partial charge on any atom is -0.481 e. The molecule has 0 bridgehead atoms. The van der Waals surface area contributed by atoms with E-state index >= 15 is 0 Å². The van der Waals surface area contributed by atoms with Crippen LogP contribution in [-0.4, -0.2) is 29.1 Å². The molecule has 0 saturated carbocycles. The van der Waals surface area contributed by atoms with Gasteiger partial charge in [-0.15, -0.1) is 13.2 Å². The fourth-order valence-electron chi connectivity index (χ4n) is 0.924. The van der Waals surface area contributed by atoms with Gasteiger partial charge in [0.25, 0.3) is 5.97 Å². The molecule has 3 nitrogen and oxygen atoms in total. The van der Waals surface area contributed by atoms with E-state index in [0.29, 0.717) is 0 Å². The highest BCUT2D eigenvalue weighted by molar-refractivity contribution is 5.62. The largest absolute Gasteiger partial charge is 0.481 e. The van der Waals surface area contributed by atoms with Crippen LogP contribution in [0.15, 0.2) is 25.9 Å². The number of carbonyl (C=O) groups is 1. The van der Waals surface area contributed by atoms with Crippen molar-refractivity contribution in [1.82, 2.24) is 4.90 Å². The predicted molar refractivity (Wildman–Crippen MR) is 55.6 cm³/mol. The van der Waals surface area contributed by atoms with Crippen LogP contribution in [0.25, 0.3) is 0 Å². The van der Waals surface area contributed by atoms with Crippen LogP contribution in [0.3, 0.4) is 0 Å². The zero-order valence-corrected chi connectivity index (χ0v) is 8.33. The quantitative estimate of drug-likeness (QED) is 0.636. The van der Waals surface area contributed by atoms with Gasteiger partial charge in [-0.2, -0.15) is 0 Å². The number of nitrogens with zero attached hydrogens (tertiary/aromatic N) is 1. The molecule has 0 unspecified atom stereocenters. The smallest absolute Gasteiger partial charge is 0.300 e. The third kappa shape index (κ3) is 13.7. The zero-order valence-electron chi connectivity index (χ0n) is 8.33. The van der Waals surface area contributed by atoms with Gasteiger partial charge in [0.15, 0.2) is 0 Å². The number of carboxylic acids is 1. The van der Waals surface area contributed by atoms with Gasteiger partial charge in [0, 0.05) is 20.0 Å². The minimum atomic E-state index is -0.833. The summed E-state index contributed by atoms with van der Waals surface area (Å²) in [7, 11) is 0. The molecule has 0 atom stereocenters. The average Bonchev–Trinajstić information content (AvgIpc) is 2.58. The first kappa shape index (κ1) is 14.3. The molecule has 0 radical (unpaired) electrons. The molecule has 0 aliphatic carbocycles. The second kappa shape index (κ2) is 10.8. The number of rotatable bonds is 1. The Morgan fingerprint density at radius 1 is 1.38 bits per heavy atom. The van der Waals surface area contributed by atoms with Gasteiger partial charge in [0.05, 0.1) is 0 Å². The van der Waals surface area contributed by atoms with Crippen LogP contribution in [-0.2, 0) is 4.79 Å². The van der Waals surface area contributed by atoms with Gasteiger partial charge in [0.2, 0.25) is 0 Å². The summed E-state index contributed by atoms with van der Waals surface area (Å²) in [5.41, 5.74) is 0. The Balaban J connectivity index is 0. The number of likely N-dealkylation sites (tertiary alicyclic amines) is 1. The SMILES string of the molecule is C=C.C=CN1CCCC1.CC(=O)O. The van der Waals surface area contributed by atoms with E-state index < -0.39 is 5.97 Å². The Morgan fingerprint density at radius 3 is 1.85 bits per heavy atom. The Morgan fingerprint density at radius 2 is 1.69 bits per heavy atom. The number of carboxylic acid groups (broad SMARTS) is 1. The summed E-state index contributed by atoms with van der Waals surface area (Å²) in [4.78, 5) is 11.2. The fourth-order valence-corrected chi connectivity index (χ4v) is 0.924. The molecule has 0 amide bonds. The minimum absolute atomic E-state index is 0.833. The van der Waals surface area contributed by atoms with Crippen molar-refractivity contribution in [2.24, 2.45) is 0 Å². The molecular formula is C10H19NO2. The van der Waals surface area contributed by atoms with Crippen molar-refractivity contribution in [3.05, 3.63) is 25.9 Å². The van der Waals surface area contributed by atoms with Crippen LogP contribution in [0.1, 0.15) is 19.8 Å². The molecule has 0 spiro atoms. The summed E-state index contributed by atoms with van der Waals surface area (Å²) in [6.45, 7) is 13.2. The molecule has 1 N–H and O–H groups in total. The van der Waals surface area contributed by atoms with E-state index in [2.05, 4.69) is 24.6 Å². The van der Waals surface area contributed by atoms with Crippen LogP contribution in [0, 0.1) is 0 Å². The summed E-state index contributed by atoms with van der Waals surface area (Å²) >= 11 is 0. The molecule has 3 heteroatoms. The Kier molecular flexibility index (Phi) is 11.8. The van der Waals surface area contributed by atoms with Crippen LogP contribution in [0.2, 0.25) is 0 Å². The third-order valence-electron chi connectivity index (χ3n) is 1.40. The molecule has 0 aromatic carbocycles. The molecule has 76 valence electrons. The maximum atomic E-state index is 9.00. The van der Waals surface area contributed by atoms with Crippen molar-refractivity contribution in [2.75, 3.05) is 13.1 Å². The highest BCUT2D eigenvalue weighted by Crippen LogP contribution is 2.05. The van der Waals surface area contributed by atoms with Crippen molar-refractivity contribution in [3.8, 4) is 0 Å². The highest BCUT2D eigenvalue weighted by Gasteiger charge is 2.04. The first-order valence-corrected chi connectivity index (χ1v) is 4.23. The summed E-state index contributed by atoms with van der Waals surface area (Å²) < 4.78 is 0. The summed E-state index contributed by atoms with van der Waals surface area (Å²) in [5.74, 6) is -0.833. The van der Waals surface area contributed by atoms with Crippen molar-refractivity contribution < 1.29 is 9.90 Å². The van der Waals surface area contributed by atoms with E-state index in [0.717, 1.165) is 6.92 Å². The van der Waals surface area contributed by atoms with E-state index in [1.807, 2.05) is 6.20 Å². The first-order valence-electron chi connectivity index (χ1n) is 4.23. The van der Waals surface area contributed by atoms with Crippen molar-refractivity contribution in [1.29, 1.82) is 0 Å². The lowest BCUT2D eigenvalue weighted by Crippen LogP contribution is -2.08. The number of hydrogen-bond acceptors (Lipinski definition) is 2. The Labute approximate surface area is 80.4 Å². The van der Waals surface area contributed by atoms with Gasteiger partial charge in [-0.1, -0.05) is 6.58 Å². The van der Waals surface area contributed by atoms with E-state index in [-0.39, 0.29) is 0 Å². The van der Waals surface area contributed by atoms with E-state index in [1.165, 1.54) is 25.9 Å². The molecule has 13 heavy (non-hydrogen) atoms. The molecular weight excluding hydrogens is 166 g/mol. The molecule has 1 fully saturated rings. The van der Waals surface area contributed by atoms with Gasteiger partial charge >= 0.3 is 0 Å². The zero-order chi connectivity index (χ0) is 10.7. The van der Waals surface area contributed by atoms with Gasteiger partial charge in [-0.3, -0.25) is 4.79 Å². The maximum Gasteiger partial charge on any atom is 0.300 e. The molecule has 1 saturated heterocycles. The van der Waals surface area contributed by atoms with E-state index in [4.69, 9.17) is 9.90 Å². The molecule has 0 aromatic rings. The molecule has 1 rings (SSSR count). The van der Waals surface area contributed by atoms with E-state index in [9.17, 15) is 0 Å². The van der Waals surface area contributed by atoms with E-state index in [1.54, 1.807) is 0 Å². The first-order chi connectivity index (χ1) is 6.16. The Bertz CT molecular complexity index is 136. The summed E-state index contributed by atoms with van der Waals surface area (Å²) in [6, 6.07) is 0. The lowest BCUT2D eigenvalue weighted by Gasteiger charge is -2.07. The molecule has 0 aromatic heterocycles. The predicted octanol–water partition coefficient (Wildman–Crippen LogP) is 2.12. The normalized spacial score (nSPS) is 13.2. The number of hydrogen-bond donors (Lipinski definition) is 1. The number of aliphatic carboxylic acids is 1. The maximum absolute atomic E-state index is 9.00. The van der Waals surface area contributed by atoms with Gasteiger partial charge < -0.3 is 10.0 Å². The molecule has 1 aliphatic heterocycles. The second-order valence-electron chi connectivity index (χ2n) is 2.44. The standard InChI is InChI=1S/C6H11N.C2H4O2.C2H4/c1-2-7-5-3-4-6-7;1-2(3)4;1-2/h2H,1,3-6H2;1H3,(H,3,4);1-2H2. The summed E-state index contributed by atoms with van der Waals surface area (Å²) in [5, 5.41) is 7.42. The highest BCUT2D eigenvalue weighted by atomic mass is 16.4. The fraction of sp³-hybridized carbons (Fsp3) is 0.500. The van der Waals surface area contributed by atoms with Crippen molar-refractivity contribution >= 4 is 5.97 Å². The van der Waals surface area contributed by atoms with Gasteiger partial charge in [-0.25, -0.2) is 0 Å². The monoisotopic (exact) mass is 185 g/mol. The molecule has 1 heterocycles. The van der Waals surface area contributed by atoms with Crippen molar-refractivity contribution in [3.63, 3.8) is 0 Å². The van der Waals surface area contributed by atoms with Crippen LogP contribution < -0.4 is 0 Å². The topological polar surface area (TPSA) is 40.5 Å². The third-order valence-corrected chi connectivity index (χ3v) is 1.40. The summed E-state index contributed by atoms with van der Waals surface area (Å²) in [6.07, 6.45) is 4.63. The second-order valence-corrected chi connectivity index (χ2v) is 2.44. The van der Waals surface area contributed by atoms with Crippen molar-refractivity contribution in [2.45, 2.75) is 19.8 Å². The molecule has 1 aliphatic rings. The lowest BCUT2D eigenvalue weighted by atomic mass is 10.4. The Hall–Kier alpha value is -1.25. The van der Waals surface area contributed by atoms with Gasteiger partial charge in [0.1, 0.15) is 0 Å².